The molecule has 0 unspecified atom stereocenters. The van der Waals surface area contributed by atoms with Gasteiger partial charge in [-0.2, -0.15) is 0 Å². The highest BCUT2D eigenvalue weighted by atomic mass is 16.2. The van der Waals surface area contributed by atoms with Crippen molar-refractivity contribution in [3.8, 4) is 0 Å². The Bertz CT molecular complexity index is 708. The number of nitrogens with one attached hydrogen (secondary N) is 2. The van der Waals surface area contributed by atoms with E-state index >= 15 is 0 Å². The molecule has 2 amide bonds. The van der Waals surface area contributed by atoms with Gasteiger partial charge in [0.2, 0.25) is 5.91 Å². The Morgan fingerprint density at radius 1 is 1.00 bits per heavy atom. The molecule has 0 saturated carbocycles. The van der Waals surface area contributed by atoms with Gasteiger partial charge in [-0.05, 0) is 36.1 Å². The van der Waals surface area contributed by atoms with Crippen molar-refractivity contribution in [1.82, 2.24) is 5.32 Å². The molecule has 0 aliphatic rings. The molecule has 0 saturated heterocycles. The lowest BCUT2D eigenvalue weighted by atomic mass is 10.0. The second kappa shape index (κ2) is 7.58. The Labute approximate surface area is 136 Å². The molecule has 0 bridgehead atoms. The predicted octanol–water partition coefficient (Wildman–Crippen LogP) is 3.49. The first-order valence-corrected chi connectivity index (χ1v) is 7.71. The molecule has 23 heavy (non-hydrogen) atoms. The molecule has 0 heterocycles. The lowest BCUT2D eigenvalue weighted by molar-refractivity contribution is -0.115. The Kier molecular flexibility index (Phi) is 5.52. The molecule has 0 aliphatic carbocycles. The van der Waals surface area contributed by atoms with E-state index in [0.717, 1.165) is 16.8 Å². The zero-order valence-corrected chi connectivity index (χ0v) is 13.7. The van der Waals surface area contributed by atoms with Gasteiger partial charge in [-0.1, -0.05) is 50.2 Å². The monoisotopic (exact) mass is 310 g/mol. The zero-order valence-electron chi connectivity index (χ0n) is 13.7. The molecule has 2 aromatic carbocycles. The van der Waals surface area contributed by atoms with Crippen LogP contribution >= 0.6 is 0 Å². The van der Waals surface area contributed by atoms with Gasteiger partial charge in [-0.3, -0.25) is 9.59 Å². The minimum atomic E-state index is -0.240. The molecule has 0 aromatic heterocycles. The van der Waals surface area contributed by atoms with Gasteiger partial charge in [0.15, 0.2) is 0 Å². The first-order chi connectivity index (χ1) is 11.0. The third-order valence-electron chi connectivity index (χ3n) is 3.66. The molecule has 2 N–H and O–H groups in total. The van der Waals surface area contributed by atoms with Crippen LogP contribution in [0.25, 0.3) is 0 Å². The van der Waals surface area contributed by atoms with Crippen LogP contribution in [0.1, 0.15) is 41.3 Å². The van der Waals surface area contributed by atoms with Gasteiger partial charge < -0.3 is 10.6 Å². The number of anilines is 1. The number of carbonyl (C=O) groups is 2. The zero-order chi connectivity index (χ0) is 16.8. The summed E-state index contributed by atoms with van der Waals surface area (Å²) >= 11 is 0. The van der Waals surface area contributed by atoms with E-state index in [1.165, 1.54) is 0 Å². The largest absolute Gasteiger partial charge is 0.343 e. The number of hydrogen-bond donors (Lipinski definition) is 2. The molecule has 0 atom stereocenters. The Morgan fingerprint density at radius 3 is 2.35 bits per heavy atom. The average molecular weight is 310 g/mol. The van der Waals surface area contributed by atoms with Crippen LogP contribution in [0.2, 0.25) is 0 Å². The minimum absolute atomic E-state index is 0.0560. The lowest BCUT2D eigenvalue weighted by Gasteiger charge is -2.14. The smallest absolute Gasteiger partial charge is 0.251 e. The summed E-state index contributed by atoms with van der Waals surface area (Å²) in [4.78, 5) is 24.2. The Balaban J connectivity index is 1.96. The molecule has 0 radical (unpaired) electrons. The van der Waals surface area contributed by atoms with Crippen molar-refractivity contribution >= 4 is 17.5 Å². The van der Waals surface area contributed by atoms with E-state index in [0.29, 0.717) is 11.5 Å². The van der Waals surface area contributed by atoms with Crippen molar-refractivity contribution < 1.29 is 9.59 Å². The molecule has 0 fully saturated rings. The molecule has 0 spiro atoms. The topological polar surface area (TPSA) is 58.2 Å². The van der Waals surface area contributed by atoms with Crippen LogP contribution in [0.15, 0.2) is 48.5 Å². The number of rotatable bonds is 5. The molecule has 4 heteroatoms. The fourth-order valence-corrected chi connectivity index (χ4v) is 2.39. The van der Waals surface area contributed by atoms with E-state index in [1.54, 1.807) is 12.1 Å². The summed E-state index contributed by atoms with van der Waals surface area (Å²) < 4.78 is 0. The number of para-hydroxylation sites is 1. The molecule has 0 aliphatic heterocycles. The highest BCUT2D eigenvalue weighted by Crippen LogP contribution is 2.23. The van der Waals surface area contributed by atoms with Gasteiger partial charge >= 0.3 is 0 Å². The Hall–Kier alpha value is -2.62. The maximum atomic E-state index is 12.1. The summed E-state index contributed by atoms with van der Waals surface area (Å²) in [5, 5.41) is 5.52. The van der Waals surface area contributed by atoms with Crippen LogP contribution in [-0.4, -0.2) is 18.4 Å². The van der Waals surface area contributed by atoms with Crippen LogP contribution in [-0.2, 0) is 4.79 Å². The fourth-order valence-electron chi connectivity index (χ4n) is 2.39. The Morgan fingerprint density at radius 2 is 1.65 bits per heavy atom. The molecular weight excluding hydrogens is 288 g/mol. The highest BCUT2D eigenvalue weighted by molar-refractivity contribution is 6.00. The van der Waals surface area contributed by atoms with E-state index in [-0.39, 0.29) is 18.4 Å². The normalized spacial score (nSPS) is 10.4. The molecular formula is C19H22N2O2. The number of amides is 2. The van der Waals surface area contributed by atoms with E-state index in [4.69, 9.17) is 0 Å². The van der Waals surface area contributed by atoms with Crippen LogP contribution in [0.4, 0.5) is 5.69 Å². The van der Waals surface area contributed by atoms with E-state index in [2.05, 4.69) is 24.5 Å². The van der Waals surface area contributed by atoms with Crippen molar-refractivity contribution in [2.45, 2.75) is 26.7 Å². The van der Waals surface area contributed by atoms with Crippen LogP contribution in [0.5, 0.6) is 0 Å². The molecule has 4 nitrogen and oxygen atoms in total. The lowest BCUT2D eigenvalue weighted by Crippen LogP contribution is -2.33. The summed E-state index contributed by atoms with van der Waals surface area (Å²) in [5.41, 5.74) is 3.34. The number of carbonyl (C=O) groups excluding carboxylic acids is 2. The summed E-state index contributed by atoms with van der Waals surface area (Å²) in [6.45, 7) is 5.96. The third-order valence-corrected chi connectivity index (χ3v) is 3.66. The van der Waals surface area contributed by atoms with Crippen molar-refractivity contribution in [2.24, 2.45) is 0 Å². The van der Waals surface area contributed by atoms with E-state index < -0.39 is 0 Å². The first kappa shape index (κ1) is 16.7. The van der Waals surface area contributed by atoms with Crippen LogP contribution in [0.3, 0.4) is 0 Å². The second-order valence-electron chi connectivity index (χ2n) is 5.79. The summed E-state index contributed by atoms with van der Waals surface area (Å²) in [6, 6.07) is 15.0. The van der Waals surface area contributed by atoms with E-state index in [1.807, 2.05) is 43.3 Å². The van der Waals surface area contributed by atoms with Gasteiger partial charge in [0.1, 0.15) is 0 Å². The highest BCUT2D eigenvalue weighted by Gasteiger charge is 2.12. The van der Waals surface area contributed by atoms with Crippen molar-refractivity contribution in [2.75, 3.05) is 11.9 Å². The predicted molar refractivity (Wildman–Crippen MR) is 92.7 cm³/mol. The SMILES string of the molecule is Cc1ccccc1C(=O)NCC(=O)Nc1ccccc1C(C)C. The number of aryl methyl sites for hydroxylation is 1. The van der Waals surface area contributed by atoms with Crippen molar-refractivity contribution in [3.05, 3.63) is 65.2 Å². The summed E-state index contributed by atoms with van der Waals surface area (Å²) in [7, 11) is 0. The van der Waals surface area contributed by atoms with Crippen LogP contribution < -0.4 is 10.6 Å². The molecule has 120 valence electrons. The van der Waals surface area contributed by atoms with Gasteiger partial charge in [-0.25, -0.2) is 0 Å². The average Bonchev–Trinajstić information content (AvgIpc) is 2.53. The van der Waals surface area contributed by atoms with Gasteiger partial charge in [-0.15, -0.1) is 0 Å². The third kappa shape index (κ3) is 4.42. The maximum Gasteiger partial charge on any atom is 0.251 e. The van der Waals surface area contributed by atoms with Gasteiger partial charge in [0.25, 0.3) is 5.91 Å². The second-order valence-corrected chi connectivity index (χ2v) is 5.79. The number of hydrogen-bond acceptors (Lipinski definition) is 2. The quantitative estimate of drug-likeness (QED) is 0.888. The molecule has 2 rings (SSSR count). The van der Waals surface area contributed by atoms with Gasteiger partial charge in [0.05, 0.1) is 6.54 Å². The van der Waals surface area contributed by atoms with Crippen molar-refractivity contribution in [3.63, 3.8) is 0 Å². The van der Waals surface area contributed by atoms with Gasteiger partial charge in [0, 0.05) is 11.3 Å². The summed E-state index contributed by atoms with van der Waals surface area (Å²) in [6.07, 6.45) is 0. The summed E-state index contributed by atoms with van der Waals surface area (Å²) in [5.74, 6) is -0.163. The van der Waals surface area contributed by atoms with Crippen molar-refractivity contribution in [1.29, 1.82) is 0 Å². The maximum absolute atomic E-state index is 12.1. The first-order valence-electron chi connectivity index (χ1n) is 7.71. The van der Waals surface area contributed by atoms with Crippen LogP contribution in [0, 0.1) is 6.92 Å². The minimum Gasteiger partial charge on any atom is -0.343 e. The fraction of sp³-hybridized carbons (Fsp3) is 0.263. The molecule has 2 aromatic rings. The standard InChI is InChI=1S/C19H22N2O2/c1-13(2)15-9-6-7-11-17(15)21-18(22)12-20-19(23)16-10-5-4-8-14(16)3/h4-11,13H,12H2,1-3H3,(H,20,23)(H,21,22). The van der Waals surface area contributed by atoms with E-state index in [9.17, 15) is 9.59 Å². The number of benzene rings is 2.